The van der Waals surface area contributed by atoms with E-state index in [2.05, 4.69) is 0 Å². The molecule has 1 aromatic heterocycles. The molecule has 3 rings (SSSR count). The third-order valence-corrected chi connectivity index (χ3v) is 3.56. The van der Waals surface area contributed by atoms with Crippen molar-refractivity contribution in [1.29, 1.82) is 0 Å². The normalized spacial score (nSPS) is 10.7. The van der Waals surface area contributed by atoms with Gasteiger partial charge in [0.15, 0.2) is 0 Å². The number of rotatable bonds is 4. The van der Waals surface area contributed by atoms with E-state index in [0.29, 0.717) is 34.8 Å². The second-order valence-electron chi connectivity index (χ2n) is 5.28. The van der Waals surface area contributed by atoms with Crippen LogP contribution in [-0.4, -0.2) is 6.61 Å². The Hall–Kier alpha value is -2.75. The molecule has 0 fully saturated rings. The molecule has 1 heterocycles. The molecular weight excluding hydrogens is 292 g/mol. The summed E-state index contributed by atoms with van der Waals surface area (Å²) in [6, 6.07) is 12.8. The molecule has 0 saturated carbocycles. The maximum atomic E-state index is 12.8. The molecule has 23 heavy (non-hydrogen) atoms. The molecule has 4 heteroatoms. The van der Waals surface area contributed by atoms with Crippen molar-refractivity contribution >= 4 is 11.0 Å². The van der Waals surface area contributed by atoms with Crippen LogP contribution < -0.4 is 14.9 Å². The second kappa shape index (κ2) is 6.16. The second-order valence-corrected chi connectivity index (χ2v) is 5.28. The Morgan fingerprint density at radius 1 is 1.04 bits per heavy atom. The molecule has 0 amide bonds. The molecule has 0 bridgehead atoms. The molecule has 0 radical (unpaired) electrons. The molecule has 0 saturated heterocycles. The highest BCUT2D eigenvalue weighted by molar-refractivity contribution is 5.83. The highest BCUT2D eigenvalue weighted by Gasteiger charge is 2.16. The zero-order chi connectivity index (χ0) is 16.4. The van der Waals surface area contributed by atoms with Crippen molar-refractivity contribution in [3.8, 4) is 17.2 Å². The summed E-state index contributed by atoms with van der Waals surface area (Å²) in [5, 5.41) is 0.519. The SMILES string of the molecule is CCOc1cc(C)c2c(=O)c(Oc3ccccc3)c(C)oc2c1. The monoisotopic (exact) mass is 310 g/mol. The average Bonchev–Trinajstić information content (AvgIpc) is 2.52. The predicted octanol–water partition coefficient (Wildman–Crippen LogP) is 4.60. The van der Waals surface area contributed by atoms with Gasteiger partial charge in [-0.05, 0) is 44.5 Å². The van der Waals surface area contributed by atoms with Gasteiger partial charge in [0, 0.05) is 6.07 Å². The van der Waals surface area contributed by atoms with Crippen molar-refractivity contribution < 1.29 is 13.9 Å². The smallest absolute Gasteiger partial charge is 0.235 e. The van der Waals surface area contributed by atoms with E-state index in [1.165, 1.54) is 0 Å². The van der Waals surface area contributed by atoms with Crippen molar-refractivity contribution in [2.75, 3.05) is 6.61 Å². The summed E-state index contributed by atoms with van der Waals surface area (Å²) in [6.45, 7) is 6.06. The lowest BCUT2D eigenvalue weighted by molar-refractivity contribution is 0.339. The van der Waals surface area contributed by atoms with Gasteiger partial charge in [-0.25, -0.2) is 0 Å². The summed E-state index contributed by atoms with van der Waals surface area (Å²) < 4.78 is 17.1. The molecule has 0 aliphatic rings. The zero-order valence-electron chi connectivity index (χ0n) is 13.4. The van der Waals surface area contributed by atoms with Crippen LogP contribution in [0.25, 0.3) is 11.0 Å². The number of aryl methyl sites for hydroxylation is 2. The first kappa shape index (κ1) is 15.2. The minimum atomic E-state index is -0.173. The summed E-state index contributed by atoms with van der Waals surface area (Å²) in [5.74, 6) is 1.96. The fraction of sp³-hybridized carbons (Fsp3) is 0.211. The van der Waals surface area contributed by atoms with Gasteiger partial charge in [-0.15, -0.1) is 0 Å². The van der Waals surface area contributed by atoms with Gasteiger partial charge in [0.25, 0.3) is 0 Å². The molecule has 0 unspecified atom stereocenters. The van der Waals surface area contributed by atoms with Crippen LogP contribution in [-0.2, 0) is 0 Å². The highest BCUT2D eigenvalue weighted by atomic mass is 16.5. The van der Waals surface area contributed by atoms with E-state index < -0.39 is 0 Å². The van der Waals surface area contributed by atoms with Crippen LogP contribution in [0.3, 0.4) is 0 Å². The number of ether oxygens (including phenoxy) is 2. The van der Waals surface area contributed by atoms with E-state index in [0.717, 1.165) is 5.56 Å². The zero-order valence-corrected chi connectivity index (χ0v) is 13.4. The van der Waals surface area contributed by atoms with Gasteiger partial charge in [0.1, 0.15) is 22.8 Å². The van der Waals surface area contributed by atoms with Crippen molar-refractivity contribution in [2.24, 2.45) is 0 Å². The van der Waals surface area contributed by atoms with Crippen LogP contribution in [0.2, 0.25) is 0 Å². The number of benzene rings is 2. The number of hydrogen-bond acceptors (Lipinski definition) is 4. The predicted molar refractivity (Wildman–Crippen MR) is 89.6 cm³/mol. The quantitative estimate of drug-likeness (QED) is 0.706. The van der Waals surface area contributed by atoms with E-state index in [4.69, 9.17) is 13.9 Å². The van der Waals surface area contributed by atoms with Crippen LogP contribution >= 0.6 is 0 Å². The molecule has 0 N–H and O–H groups in total. The Balaban J connectivity index is 2.16. The Morgan fingerprint density at radius 2 is 1.78 bits per heavy atom. The Kier molecular flexibility index (Phi) is 4.06. The van der Waals surface area contributed by atoms with E-state index in [9.17, 15) is 4.79 Å². The third-order valence-electron chi connectivity index (χ3n) is 3.56. The van der Waals surface area contributed by atoms with Crippen LogP contribution in [0, 0.1) is 13.8 Å². The lowest BCUT2D eigenvalue weighted by Gasteiger charge is -2.11. The minimum Gasteiger partial charge on any atom is -0.494 e. The average molecular weight is 310 g/mol. The van der Waals surface area contributed by atoms with Gasteiger partial charge >= 0.3 is 0 Å². The maximum Gasteiger partial charge on any atom is 0.235 e. The summed E-state index contributed by atoms with van der Waals surface area (Å²) in [5.41, 5.74) is 1.14. The largest absolute Gasteiger partial charge is 0.494 e. The van der Waals surface area contributed by atoms with Crippen LogP contribution in [0.15, 0.2) is 51.7 Å². The lowest BCUT2D eigenvalue weighted by Crippen LogP contribution is -2.09. The number of para-hydroxylation sites is 1. The van der Waals surface area contributed by atoms with Gasteiger partial charge < -0.3 is 13.9 Å². The van der Waals surface area contributed by atoms with E-state index in [1.54, 1.807) is 25.1 Å². The Bertz CT molecular complexity index is 895. The molecule has 2 aromatic carbocycles. The summed E-state index contributed by atoms with van der Waals surface area (Å²) in [7, 11) is 0. The maximum absolute atomic E-state index is 12.8. The van der Waals surface area contributed by atoms with Gasteiger partial charge in [-0.3, -0.25) is 4.79 Å². The minimum absolute atomic E-state index is 0.173. The molecule has 0 aliphatic heterocycles. The first-order valence-electron chi connectivity index (χ1n) is 7.54. The van der Waals surface area contributed by atoms with Gasteiger partial charge in [0.2, 0.25) is 11.2 Å². The number of fused-ring (bicyclic) bond motifs is 1. The van der Waals surface area contributed by atoms with Crippen molar-refractivity contribution in [2.45, 2.75) is 20.8 Å². The van der Waals surface area contributed by atoms with Gasteiger partial charge in [0.05, 0.1) is 12.0 Å². The standard InChI is InChI=1S/C19H18O4/c1-4-21-15-10-12(2)17-16(11-15)22-13(3)19(18(17)20)23-14-8-6-5-7-9-14/h5-11H,4H2,1-3H3. The fourth-order valence-corrected chi connectivity index (χ4v) is 2.55. The third kappa shape index (κ3) is 2.93. The topological polar surface area (TPSA) is 48.7 Å². The van der Waals surface area contributed by atoms with Gasteiger partial charge in [-0.1, -0.05) is 18.2 Å². The molecular formula is C19H18O4. The molecule has 3 aromatic rings. The van der Waals surface area contributed by atoms with Crippen LogP contribution in [0.1, 0.15) is 18.2 Å². The lowest BCUT2D eigenvalue weighted by atomic mass is 10.1. The fourth-order valence-electron chi connectivity index (χ4n) is 2.55. The van der Waals surface area contributed by atoms with Crippen LogP contribution in [0.4, 0.5) is 0 Å². The van der Waals surface area contributed by atoms with Crippen molar-refractivity contribution in [3.63, 3.8) is 0 Å². The molecule has 4 nitrogen and oxygen atoms in total. The first-order chi connectivity index (χ1) is 11.1. The molecule has 118 valence electrons. The summed E-state index contributed by atoms with van der Waals surface area (Å²) in [4.78, 5) is 12.8. The summed E-state index contributed by atoms with van der Waals surface area (Å²) in [6.07, 6.45) is 0. The van der Waals surface area contributed by atoms with E-state index >= 15 is 0 Å². The van der Waals surface area contributed by atoms with Crippen LogP contribution in [0.5, 0.6) is 17.2 Å². The molecule has 0 spiro atoms. The number of hydrogen-bond donors (Lipinski definition) is 0. The van der Waals surface area contributed by atoms with E-state index in [-0.39, 0.29) is 11.2 Å². The first-order valence-corrected chi connectivity index (χ1v) is 7.54. The molecule has 0 atom stereocenters. The Morgan fingerprint density at radius 3 is 2.48 bits per heavy atom. The highest BCUT2D eigenvalue weighted by Crippen LogP contribution is 2.29. The van der Waals surface area contributed by atoms with Crippen molar-refractivity contribution in [3.05, 3.63) is 64.0 Å². The summed E-state index contributed by atoms with van der Waals surface area (Å²) >= 11 is 0. The van der Waals surface area contributed by atoms with Gasteiger partial charge in [-0.2, -0.15) is 0 Å². The van der Waals surface area contributed by atoms with E-state index in [1.807, 2.05) is 38.1 Å². The van der Waals surface area contributed by atoms with Crippen molar-refractivity contribution in [1.82, 2.24) is 0 Å². The molecule has 0 aliphatic carbocycles. The Labute approximate surface area is 134 Å².